The number of hydrogen-bond acceptors (Lipinski definition) is 3. The summed E-state index contributed by atoms with van der Waals surface area (Å²) in [6.07, 6.45) is 1.97. The van der Waals surface area contributed by atoms with Crippen LogP contribution in [-0.4, -0.2) is 42.4 Å². The van der Waals surface area contributed by atoms with Gasteiger partial charge in [0.25, 0.3) is 0 Å². The number of aliphatic hydroxyl groups excluding tert-OH is 1. The van der Waals surface area contributed by atoms with Crippen molar-refractivity contribution < 1.29 is 9.84 Å². The van der Waals surface area contributed by atoms with Gasteiger partial charge in [-0.1, -0.05) is 24.0 Å². The highest BCUT2D eigenvalue weighted by molar-refractivity contribution is 5.36. The molecule has 0 spiro atoms. The first kappa shape index (κ1) is 15.1. The van der Waals surface area contributed by atoms with Crippen LogP contribution in [0, 0.1) is 11.8 Å². The van der Waals surface area contributed by atoms with Crippen LogP contribution in [0.25, 0.3) is 0 Å². The first-order chi connectivity index (χ1) is 9.70. The van der Waals surface area contributed by atoms with Gasteiger partial charge in [-0.3, -0.25) is 4.90 Å². The molecule has 0 amide bonds. The lowest BCUT2D eigenvalue weighted by Gasteiger charge is -2.26. The fourth-order valence-electron chi connectivity index (χ4n) is 2.62. The van der Waals surface area contributed by atoms with Crippen LogP contribution >= 0.6 is 0 Å². The first-order valence-electron chi connectivity index (χ1n) is 7.21. The first-order valence-corrected chi connectivity index (χ1v) is 7.21. The quantitative estimate of drug-likeness (QED) is 0.852. The zero-order valence-electron chi connectivity index (χ0n) is 12.3. The van der Waals surface area contributed by atoms with Crippen molar-refractivity contribution in [1.82, 2.24) is 4.90 Å². The molecule has 0 saturated carbocycles. The lowest BCUT2D eigenvalue weighted by molar-refractivity contribution is 0.0814. The second kappa shape index (κ2) is 7.44. The van der Waals surface area contributed by atoms with E-state index in [1.54, 1.807) is 0 Å². The molecule has 1 N–H and O–H groups in total. The van der Waals surface area contributed by atoms with Gasteiger partial charge < -0.3 is 9.84 Å². The topological polar surface area (TPSA) is 32.7 Å². The van der Waals surface area contributed by atoms with E-state index < -0.39 is 0 Å². The van der Waals surface area contributed by atoms with Crippen molar-refractivity contribution >= 4 is 0 Å². The van der Waals surface area contributed by atoms with E-state index in [2.05, 4.69) is 42.8 Å². The number of aliphatic hydroxyl groups is 1. The largest absolute Gasteiger partial charge is 0.395 e. The summed E-state index contributed by atoms with van der Waals surface area (Å²) in [5.41, 5.74) is 2.29. The molecule has 0 bridgehead atoms. The molecule has 1 aliphatic heterocycles. The van der Waals surface area contributed by atoms with E-state index >= 15 is 0 Å². The lowest BCUT2D eigenvalue weighted by atomic mass is 10.1. The van der Waals surface area contributed by atoms with Crippen LogP contribution in [0.4, 0.5) is 0 Å². The zero-order chi connectivity index (χ0) is 14.4. The predicted molar refractivity (Wildman–Crippen MR) is 80.3 cm³/mol. The number of nitrogens with zero attached hydrogens (tertiary/aromatic N) is 1. The van der Waals surface area contributed by atoms with Gasteiger partial charge in [0, 0.05) is 31.2 Å². The maximum atomic E-state index is 8.69. The Morgan fingerprint density at radius 1 is 1.35 bits per heavy atom. The summed E-state index contributed by atoms with van der Waals surface area (Å²) in [5.74, 6) is 5.98. The summed E-state index contributed by atoms with van der Waals surface area (Å²) in [4.78, 5) is 2.37. The Morgan fingerprint density at radius 3 is 2.70 bits per heavy atom. The summed E-state index contributed by atoms with van der Waals surface area (Å²) >= 11 is 0. The molecule has 2 atom stereocenters. The van der Waals surface area contributed by atoms with Crippen LogP contribution < -0.4 is 0 Å². The molecule has 1 aromatic rings. The van der Waals surface area contributed by atoms with Crippen molar-refractivity contribution in [3.05, 3.63) is 35.4 Å². The Balaban J connectivity index is 1.92. The van der Waals surface area contributed by atoms with Crippen molar-refractivity contribution in [2.75, 3.05) is 20.3 Å². The van der Waals surface area contributed by atoms with E-state index in [0.29, 0.717) is 18.6 Å². The number of ether oxygens (including phenoxy) is 1. The Labute approximate surface area is 121 Å². The molecule has 108 valence electrons. The average Bonchev–Trinajstić information content (AvgIpc) is 2.87. The smallest absolute Gasteiger partial charge is 0.0703 e. The van der Waals surface area contributed by atoms with E-state index in [1.807, 2.05) is 12.1 Å². The second-order valence-corrected chi connectivity index (χ2v) is 5.32. The molecule has 0 aromatic heterocycles. The van der Waals surface area contributed by atoms with Gasteiger partial charge in [-0.05, 0) is 38.1 Å². The van der Waals surface area contributed by atoms with Gasteiger partial charge in [0.2, 0.25) is 0 Å². The highest BCUT2D eigenvalue weighted by atomic mass is 16.5. The SMILES string of the molecule is CC1OCCC1N(C)Cc1ccc(C#CCCO)cc1. The Bertz CT molecular complexity index is 472. The van der Waals surface area contributed by atoms with Crippen molar-refractivity contribution in [1.29, 1.82) is 0 Å². The van der Waals surface area contributed by atoms with Gasteiger partial charge in [0.15, 0.2) is 0 Å². The summed E-state index contributed by atoms with van der Waals surface area (Å²) in [6, 6.07) is 8.85. The number of rotatable bonds is 4. The standard InChI is InChI=1S/C17H23NO2/c1-14-17(10-12-20-14)18(2)13-16-8-6-15(7-9-16)5-3-4-11-19/h6-9,14,17,19H,4,10-13H2,1-2H3. The highest BCUT2D eigenvalue weighted by Crippen LogP contribution is 2.20. The van der Waals surface area contributed by atoms with Crippen LogP contribution in [0.5, 0.6) is 0 Å². The molecule has 1 aliphatic rings. The molecule has 1 aromatic carbocycles. The van der Waals surface area contributed by atoms with Gasteiger partial charge in [0.05, 0.1) is 12.7 Å². The Morgan fingerprint density at radius 2 is 2.10 bits per heavy atom. The van der Waals surface area contributed by atoms with Gasteiger partial charge in [-0.2, -0.15) is 0 Å². The van der Waals surface area contributed by atoms with E-state index in [-0.39, 0.29) is 6.61 Å². The van der Waals surface area contributed by atoms with Gasteiger partial charge >= 0.3 is 0 Å². The van der Waals surface area contributed by atoms with Crippen LogP contribution in [0.1, 0.15) is 30.9 Å². The summed E-state index contributed by atoms with van der Waals surface area (Å²) in [6.45, 7) is 4.07. The number of benzene rings is 1. The Kier molecular flexibility index (Phi) is 5.60. The monoisotopic (exact) mass is 273 g/mol. The minimum atomic E-state index is 0.123. The third kappa shape index (κ3) is 4.08. The highest BCUT2D eigenvalue weighted by Gasteiger charge is 2.27. The van der Waals surface area contributed by atoms with Crippen molar-refractivity contribution in [3.63, 3.8) is 0 Å². The Hall–Kier alpha value is -1.34. The van der Waals surface area contributed by atoms with E-state index in [1.165, 1.54) is 5.56 Å². The molecule has 1 fully saturated rings. The molecule has 0 aliphatic carbocycles. The fraction of sp³-hybridized carbons (Fsp3) is 0.529. The molecule has 1 heterocycles. The minimum absolute atomic E-state index is 0.123. The normalized spacial score (nSPS) is 21.8. The van der Waals surface area contributed by atoms with E-state index in [0.717, 1.165) is 25.1 Å². The summed E-state index contributed by atoms with van der Waals surface area (Å²) in [7, 11) is 2.16. The van der Waals surface area contributed by atoms with Crippen LogP contribution in [0.2, 0.25) is 0 Å². The van der Waals surface area contributed by atoms with Gasteiger partial charge in [-0.15, -0.1) is 0 Å². The summed E-state index contributed by atoms with van der Waals surface area (Å²) in [5, 5.41) is 8.69. The molecule has 0 radical (unpaired) electrons. The molecular formula is C17H23NO2. The molecule has 2 rings (SSSR count). The minimum Gasteiger partial charge on any atom is -0.395 e. The van der Waals surface area contributed by atoms with Crippen molar-refractivity contribution in [2.45, 2.75) is 38.5 Å². The molecule has 2 unspecified atom stereocenters. The van der Waals surface area contributed by atoms with Crippen LogP contribution in [-0.2, 0) is 11.3 Å². The maximum absolute atomic E-state index is 8.69. The van der Waals surface area contributed by atoms with E-state index in [9.17, 15) is 0 Å². The molecule has 20 heavy (non-hydrogen) atoms. The third-order valence-corrected chi connectivity index (χ3v) is 3.76. The number of likely N-dealkylation sites (N-methyl/N-ethyl adjacent to an activating group) is 1. The lowest BCUT2D eigenvalue weighted by Crippen LogP contribution is -2.36. The van der Waals surface area contributed by atoms with Gasteiger partial charge in [-0.25, -0.2) is 0 Å². The van der Waals surface area contributed by atoms with E-state index in [4.69, 9.17) is 9.84 Å². The predicted octanol–water partition coefficient (Wildman–Crippen LogP) is 2.03. The second-order valence-electron chi connectivity index (χ2n) is 5.32. The molecule has 1 saturated heterocycles. The fourth-order valence-corrected chi connectivity index (χ4v) is 2.62. The van der Waals surface area contributed by atoms with Crippen molar-refractivity contribution in [3.8, 4) is 11.8 Å². The maximum Gasteiger partial charge on any atom is 0.0703 e. The van der Waals surface area contributed by atoms with Crippen LogP contribution in [0.3, 0.4) is 0 Å². The molecular weight excluding hydrogens is 250 g/mol. The zero-order valence-corrected chi connectivity index (χ0v) is 12.3. The average molecular weight is 273 g/mol. The third-order valence-electron chi connectivity index (χ3n) is 3.76. The van der Waals surface area contributed by atoms with Crippen LogP contribution in [0.15, 0.2) is 24.3 Å². The van der Waals surface area contributed by atoms with Gasteiger partial charge in [0.1, 0.15) is 0 Å². The number of hydrogen-bond donors (Lipinski definition) is 1. The van der Waals surface area contributed by atoms with Crippen molar-refractivity contribution in [2.24, 2.45) is 0 Å². The molecule has 3 heteroatoms. The summed E-state index contributed by atoms with van der Waals surface area (Å²) < 4.78 is 5.62. The molecule has 3 nitrogen and oxygen atoms in total.